The average Bonchev–Trinajstić information content (AvgIpc) is 3.21. The molecule has 0 spiro atoms. The Kier molecular flexibility index (Phi) is 4.16. The molecule has 134 valence electrons. The summed E-state index contributed by atoms with van der Waals surface area (Å²) in [6, 6.07) is 7.20. The Balaban J connectivity index is 1.48. The normalized spacial score (nSPS) is 20.1. The molecule has 4 rings (SSSR count). The van der Waals surface area contributed by atoms with Crippen LogP contribution in [0.25, 0.3) is 10.9 Å². The average molecular weight is 352 g/mol. The van der Waals surface area contributed by atoms with Gasteiger partial charge in [0.15, 0.2) is 0 Å². The zero-order chi connectivity index (χ0) is 18.1. The highest BCUT2D eigenvalue weighted by molar-refractivity contribution is 5.81. The van der Waals surface area contributed by atoms with Gasteiger partial charge in [0, 0.05) is 37.4 Å². The van der Waals surface area contributed by atoms with Gasteiger partial charge in [0.05, 0.1) is 11.6 Å². The number of amides is 2. The van der Waals surface area contributed by atoms with Gasteiger partial charge in [0.1, 0.15) is 18.4 Å². The van der Waals surface area contributed by atoms with Crippen molar-refractivity contribution in [2.45, 2.75) is 31.5 Å². The summed E-state index contributed by atoms with van der Waals surface area (Å²) in [5.74, 6) is 0.563. The number of carbonyl (C=O) groups excluding carboxylic acids is 2. The molecule has 0 aliphatic carbocycles. The van der Waals surface area contributed by atoms with E-state index in [0.717, 1.165) is 16.7 Å². The summed E-state index contributed by atoms with van der Waals surface area (Å²) < 4.78 is 3.49. The molecule has 0 unspecified atom stereocenters. The summed E-state index contributed by atoms with van der Waals surface area (Å²) in [7, 11) is 1.87. The third-order valence-electron chi connectivity index (χ3n) is 4.65. The zero-order valence-electron chi connectivity index (χ0n) is 14.4. The third kappa shape index (κ3) is 3.17. The standard InChI is InChI=1S/C18H20N6O2/c1-23-9-8-19-18(23)17-14(6-7-15(25)21-17)20-16(26)11-24-10-12-4-2-3-5-13(12)22-24/h2-5,8-10,14,17H,6-7,11H2,1H3,(H,20,26)(H,21,25)/t14-,17-/m1/s1. The minimum absolute atomic E-state index is 0.0261. The van der Waals surface area contributed by atoms with Crippen molar-refractivity contribution in [3.8, 4) is 0 Å². The predicted octanol–water partition coefficient (Wildman–Crippen LogP) is 0.906. The van der Waals surface area contributed by atoms with E-state index >= 15 is 0 Å². The molecule has 0 bridgehead atoms. The number of aromatic nitrogens is 4. The smallest absolute Gasteiger partial charge is 0.242 e. The number of benzene rings is 1. The largest absolute Gasteiger partial charge is 0.349 e. The third-order valence-corrected chi connectivity index (χ3v) is 4.65. The van der Waals surface area contributed by atoms with Crippen molar-refractivity contribution >= 4 is 22.7 Å². The topological polar surface area (TPSA) is 93.8 Å². The van der Waals surface area contributed by atoms with Crippen LogP contribution in [0.15, 0.2) is 42.9 Å². The SMILES string of the molecule is Cn1ccnc1[C@@H]1NC(=O)CC[C@H]1NC(=O)Cn1cc2ccccc2n1. The van der Waals surface area contributed by atoms with Crippen LogP contribution in [0.2, 0.25) is 0 Å². The minimum Gasteiger partial charge on any atom is -0.349 e. The Labute approximate surface area is 150 Å². The second-order valence-electron chi connectivity index (χ2n) is 6.54. The summed E-state index contributed by atoms with van der Waals surface area (Å²) in [5.41, 5.74) is 0.858. The molecule has 1 saturated heterocycles. The number of hydrogen-bond donors (Lipinski definition) is 2. The van der Waals surface area contributed by atoms with Crippen LogP contribution in [0, 0.1) is 0 Å². The summed E-state index contributed by atoms with van der Waals surface area (Å²) in [6.45, 7) is 0.131. The Bertz CT molecular complexity index is 926. The highest BCUT2D eigenvalue weighted by atomic mass is 16.2. The molecule has 1 aliphatic heterocycles. The van der Waals surface area contributed by atoms with Gasteiger partial charge >= 0.3 is 0 Å². The number of nitrogens with one attached hydrogen (secondary N) is 2. The maximum atomic E-state index is 12.5. The fourth-order valence-electron chi connectivity index (χ4n) is 3.37. The van der Waals surface area contributed by atoms with E-state index in [0.29, 0.717) is 12.8 Å². The molecule has 2 amide bonds. The lowest BCUT2D eigenvalue weighted by Crippen LogP contribution is -2.51. The van der Waals surface area contributed by atoms with E-state index in [-0.39, 0.29) is 30.4 Å². The van der Waals surface area contributed by atoms with Crippen LogP contribution in [0.5, 0.6) is 0 Å². The lowest BCUT2D eigenvalue weighted by molar-refractivity contribution is -0.127. The summed E-state index contributed by atoms with van der Waals surface area (Å²) in [5, 5.41) is 11.4. The van der Waals surface area contributed by atoms with Gasteiger partial charge in [-0.15, -0.1) is 0 Å². The molecule has 3 aromatic rings. The minimum atomic E-state index is -0.336. The van der Waals surface area contributed by atoms with Crippen LogP contribution in [-0.4, -0.2) is 37.2 Å². The van der Waals surface area contributed by atoms with Crippen molar-refractivity contribution in [2.75, 3.05) is 0 Å². The molecule has 1 aliphatic rings. The first-order chi connectivity index (χ1) is 12.6. The Hall–Kier alpha value is -3.16. The zero-order valence-corrected chi connectivity index (χ0v) is 14.4. The highest BCUT2D eigenvalue weighted by Crippen LogP contribution is 2.22. The molecule has 0 radical (unpaired) electrons. The fraction of sp³-hybridized carbons (Fsp3) is 0.333. The van der Waals surface area contributed by atoms with Gasteiger partial charge in [-0.05, 0) is 12.5 Å². The number of fused-ring (bicyclic) bond motifs is 1. The Morgan fingerprint density at radius 1 is 1.38 bits per heavy atom. The molecule has 2 aromatic heterocycles. The van der Waals surface area contributed by atoms with Crippen LogP contribution in [0.3, 0.4) is 0 Å². The van der Waals surface area contributed by atoms with E-state index in [1.54, 1.807) is 10.9 Å². The Morgan fingerprint density at radius 2 is 2.23 bits per heavy atom. The van der Waals surface area contributed by atoms with Crippen molar-refractivity contribution in [3.05, 3.63) is 48.7 Å². The molecule has 1 fully saturated rings. The van der Waals surface area contributed by atoms with Crippen LogP contribution in [0.1, 0.15) is 24.7 Å². The van der Waals surface area contributed by atoms with Crippen molar-refractivity contribution in [1.82, 2.24) is 30.0 Å². The number of imidazole rings is 1. The van der Waals surface area contributed by atoms with Crippen LogP contribution >= 0.6 is 0 Å². The maximum Gasteiger partial charge on any atom is 0.242 e. The van der Waals surface area contributed by atoms with Crippen LogP contribution in [0.4, 0.5) is 0 Å². The van der Waals surface area contributed by atoms with Gasteiger partial charge in [0.2, 0.25) is 11.8 Å². The van der Waals surface area contributed by atoms with E-state index < -0.39 is 0 Å². The molecular formula is C18H20N6O2. The van der Waals surface area contributed by atoms with Gasteiger partial charge in [0.25, 0.3) is 0 Å². The van der Waals surface area contributed by atoms with Gasteiger partial charge in [-0.1, -0.05) is 18.2 Å². The van der Waals surface area contributed by atoms with E-state index in [1.165, 1.54) is 0 Å². The maximum absolute atomic E-state index is 12.5. The number of rotatable bonds is 4. The van der Waals surface area contributed by atoms with Gasteiger partial charge < -0.3 is 15.2 Å². The van der Waals surface area contributed by atoms with Gasteiger partial charge in [-0.25, -0.2) is 4.98 Å². The molecule has 2 atom stereocenters. The second-order valence-corrected chi connectivity index (χ2v) is 6.54. The van der Waals surface area contributed by atoms with Crippen molar-refractivity contribution in [3.63, 3.8) is 0 Å². The van der Waals surface area contributed by atoms with Crippen molar-refractivity contribution < 1.29 is 9.59 Å². The molecular weight excluding hydrogens is 332 g/mol. The molecule has 3 heterocycles. The van der Waals surface area contributed by atoms with Crippen LogP contribution < -0.4 is 10.6 Å². The first-order valence-corrected chi connectivity index (χ1v) is 8.58. The van der Waals surface area contributed by atoms with Gasteiger partial charge in [-0.3, -0.25) is 14.3 Å². The first kappa shape index (κ1) is 16.3. The molecule has 26 heavy (non-hydrogen) atoms. The molecule has 8 heteroatoms. The summed E-state index contributed by atoms with van der Waals surface area (Å²) in [4.78, 5) is 28.7. The van der Waals surface area contributed by atoms with Crippen LogP contribution in [-0.2, 0) is 23.2 Å². The number of piperidine rings is 1. The van der Waals surface area contributed by atoms with E-state index in [1.807, 2.05) is 48.3 Å². The first-order valence-electron chi connectivity index (χ1n) is 8.58. The molecule has 2 N–H and O–H groups in total. The fourth-order valence-corrected chi connectivity index (χ4v) is 3.37. The number of nitrogens with zero attached hydrogens (tertiary/aromatic N) is 4. The monoisotopic (exact) mass is 352 g/mol. The molecule has 8 nitrogen and oxygen atoms in total. The van der Waals surface area contributed by atoms with Gasteiger partial charge in [-0.2, -0.15) is 5.10 Å². The number of carbonyl (C=O) groups is 2. The lowest BCUT2D eigenvalue weighted by Gasteiger charge is -2.32. The van der Waals surface area contributed by atoms with Crippen molar-refractivity contribution in [1.29, 1.82) is 0 Å². The quantitative estimate of drug-likeness (QED) is 0.730. The number of hydrogen-bond acceptors (Lipinski definition) is 4. The summed E-state index contributed by atoms with van der Waals surface area (Å²) >= 11 is 0. The van der Waals surface area contributed by atoms with E-state index in [2.05, 4.69) is 20.7 Å². The van der Waals surface area contributed by atoms with E-state index in [4.69, 9.17) is 0 Å². The number of aryl methyl sites for hydroxylation is 1. The van der Waals surface area contributed by atoms with Crippen molar-refractivity contribution in [2.24, 2.45) is 7.05 Å². The Morgan fingerprint density at radius 3 is 3.00 bits per heavy atom. The molecule has 0 saturated carbocycles. The predicted molar refractivity (Wildman–Crippen MR) is 95.0 cm³/mol. The molecule has 1 aromatic carbocycles. The highest BCUT2D eigenvalue weighted by Gasteiger charge is 2.33. The van der Waals surface area contributed by atoms with E-state index in [9.17, 15) is 9.59 Å². The second kappa shape index (κ2) is 6.62. The summed E-state index contributed by atoms with van der Waals surface area (Å²) in [6.07, 6.45) is 6.33. The lowest BCUT2D eigenvalue weighted by atomic mass is 9.97.